The van der Waals surface area contributed by atoms with Crippen LogP contribution in [0.25, 0.3) is 0 Å². The molecule has 0 spiro atoms. The Morgan fingerprint density at radius 1 is 0.395 bits per heavy atom. The fourth-order valence-electron chi connectivity index (χ4n) is 4.84. The summed E-state index contributed by atoms with van der Waals surface area (Å²) in [6.45, 7) is 8.54. The van der Waals surface area contributed by atoms with Crippen molar-refractivity contribution in [3.05, 3.63) is 0 Å². The highest BCUT2D eigenvalue weighted by Crippen LogP contribution is 2.21. The van der Waals surface area contributed by atoms with Crippen LogP contribution in [-0.2, 0) is 19.1 Å². The lowest BCUT2D eigenvalue weighted by atomic mass is 9.94. The number of esters is 2. The van der Waals surface area contributed by atoms with Crippen molar-refractivity contribution in [1.29, 1.82) is 0 Å². The summed E-state index contributed by atoms with van der Waals surface area (Å²) in [5.74, 6) is -0.925. The molecule has 0 aromatic carbocycles. The van der Waals surface area contributed by atoms with E-state index in [1.165, 1.54) is 135 Å². The molecule has 0 amide bonds. The summed E-state index contributed by atoms with van der Waals surface area (Å²) in [6, 6.07) is 0. The normalized spacial score (nSPS) is 11.6. The Morgan fingerprint density at radius 2 is 0.605 bits per heavy atom. The molecule has 0 aliphatic heterocycles. The zero-order valence-corrected chi connectivity index (χ0v) is 26.2. The van der Waals surface area contributed by atoms with Gasteiger partial charge in [-0.05, 0) is 26.7 Å². The Labute approximate surface area is 237 Å². The Balaban J connectivity index is 3.56. The number of unbranched alkanes of at least 4 members (excludes halogenated alkanes) is 23. The van der Waals surface area contributed by atoms with Crippen LogP contribution in [0.5, 0.6) is 0 Å². The summed E-state index contributed by atoms with van der Waals surface area (Å²) < 4.78 is 10.8. The van der Waals surface area contributed by atoms with E-state index in [0.717, 1.165) is 25.7 Å². The topological polar surface area (TPSA) is 52.6 Å². The van der Waals surface area contributed by atoms with Crippen molar-refractivity contribution in [1.82, 2.24) is 0 Å². The number of carbonyl (C=O) groups excluding carboxylic acids is 2. The monoisotopic (exact) mass is 538 g/mol. The summed E-state index contributed by atoms with van der Waals surface area (Å²) in [7, 11) is 0. The van der Waals surface area contributed by atoms with Crippen molar-refractivity contribution >= 4 is 11.9 Å². The van der Waals surface area contributed by atoms with Gasteiger partial charge in [0.2, 0.25) is 0 Å². The zero-order valence-electron chi connectivity index (χ0n) is 26.2. The molecule has 0 aromatic rings. The van der Waals surface area contributed by atoms with E-state index in [0.29, 0.717) is 13.2 Å². The minimum absolute atomic E-state index is 0.394. The van der Waals surface area contributed by atoms with Gasteiger partial charge in [-0.1, -0.05) is 162 Å². The van der Waals surface area contributed by atoms with Gasteiger partial charge < -0.3 is 9.47 Å². The first-order valence-corrected chi connectivity index (χ1v) is 16.8. The lowest BCUT2D eigenvalue weighted by Crippen LogP contribution is -2.37. The molecule has 0 saturated heterocycles. The number of hydrogen-bond acceptors (Lipinski definition) is 4. The van der Waals surface area contributed by atoms with Crippen molar-refractivity contribution in [3.8, 4) is 0 Å². The van der Waals surface area contributed by atoms with E-state index in [1.807, 2.05) is 0 Å². The molecule has 0 heterocycles. The predicted octanol–water partition coefficient (Wildman–Crippen LogP) is 10.9. The summed E-state index contributed by atoms with van der Waals surface area (Å²) in [6.07, 6.45) is 32.0. The van der Waals surface area contributed by atoms with Crippen molar-refractivity contribution in [3.63, 3.8) is 0 Å². The molecule has 4 heteroatoms. The molecule has 0 aliphatic rings. The lowest BCUT2D eigenvalue weighted by Gasteiger charge is -2.20. The molecular formula is C34H66O4. The predicted molar refractivity (Wildman–Crippen MR) is 162 cm³/mol. The molecule has 0 saturated carbocycles. The molecule has 0 unspecified atom stereocenters. The largest absolute Gasteiger partial charge is 0.465 e. The van der Waals surface area contributed by atoms with E-state index >= 15 is 0 Å². The van der Waals surface area contributed by atoms with Gasteiger partial charge in [0.05, 0.1) is 13.2 Å². The standard InChI is InChI=1S/C34H66O4/c1-5-7-9-11-13-15-17-18-19-20-21-23-25-27-29-31-38-33(36)34(3,4)32(35)37-30-28-26-24-22-16-14-12-10-8-6-2/h5-31H2,1-4H3. The average molecular weight is 539 g/mol. The smallest absolute Gasteiger partial charge is 0.322 e. The first kappa shape index (κ1) is 36.9. The van der Waals surface area contributed by atoms with Crippen LogP contribution in [-0.4, -0.2) is 25.2 Å². The third-order valence-corrected chi connectivity index (χ3v) is 7.73. The lowest BCUT2D eigenvalue weighted by molar-refractivity contribution is -0.170. The van der Waals surface area contributed by atoms with Crippen LogP contribution in [0, 0.1) is 5.41 Å². The molecule has 0 rings (SSSR count). The van der Waals surface area contributed by atoms with Gasteiger partial charge in [0, 0.05) is 0 Å². The highest BCUT2D eigenvalue weighted by molar-refractivity contribution is 5.99. The zero-order chi connectivity index (χ0) is 28.2. The highest BCUT2D eigenvalue weighted by Gasteiger charge is 2.39. The van der Waals surface area contributed by atoms with Gasteiger partial charge in [-0.15, -0.1) is 0 Å². The highest BCUT2D eigenvalue weighted by atomic mass is 16.6. The summed E-state index contributed by atoms with van der Waals surface area (Å²) in [5.41, 5.74) is -1.23. The fraction of sp³-hybridized carbons (Fsp3) is 0.941. The Morgan fingerprint density at radius 3 is 0.842 bits per heavy atom. The molecule has 0 aliphatic carbocycles. The van der Waals surface area contributed by atoms with Crippen molar-refractivity contribution in [2.24, 2.45) is 5.41 Å². The van der Waals surface area contributed by atoms with Gasteiger partial charge >= 0.3 is 11.9 Å². The van der Waals surface area contributed by atoms with Crippen LogP contribution >= 0.6 is 0 Å². The van der Waals surface area contributed by atoms with Gasteiger partial charge in [-0.25, -0.2) is 0 Å². The van der Waals surface area contributed by atoms with Crippen LogP contribution in [0.2, 0.25) is 0 Å². The van der Waals surface area contributed by atoms with E-state index in [1.54, 1.807) is 13.8 Å². The van der Waals surface area contributed by atoms with E-state index < -0.39 is 17.4 Å². The van der Waals surface area contributed by atoms with E-state index in [9.17, 15) is 9.59 Å². The molecule has 0 radical (unpaired) electrons. The maximum absolute atomic E-state index is 12.4. The number of carbonyl (C=O) groups is 2. The molecule has 38 heavy (non-hydrogen) atoms. The van der Waals surface area contributed by atoms with Crippen molar-refractivity contribution in [2.75, 3.05) is 13.2 Å². The van der Waals surface area contributed by atoms with Crippen LogP contribution in [0.1, 0.15) is 188 Å². The summed E-state index contributed by atoms with van der Waals surface area (Å²) >= 11 is 0. The molecule has 226 valence electrons. The molecular weight excluding hydrogens is 472 g/mol. The molecule has 0 atom stereocenters. The number of rotatable bonds is 29. The van der Waals surface area contributed by atoms with E-state index in [2.05, 4.69) is 13.8 Å². The number of ether oxygens (including phenoxy) is 2. The first-order valence-electron chi connectivity index (χ1n) is 16.8. The molecule has 0 bridgehead atoms. The third-order valence-electron chi connectivity index (χ3n) is 7.73. The summed E-state index contributed by atoms with van der Waals surface area (Å²) in [4.78, 5) is 24.8. The Bertz CT molecular complexity index is 529. The van der Waals surface area contributed by atoms with E-state index in [4.69, 9.17) is 9.47 Å². The third kappa shape index (κ3) is 22.9. The van der Waals surface area contributed by atoms with Gasteiger partial charge in [0.15, 0.2) is 5.41 Å². The van der Waals surface area contributed by atoms with Crippen LogP contribution < -0.4 is 0 Å². The second kappa shape index (κ2) is 27.5. The quantitative estimate of drug-likeness (QED) is 0.0540. The fourth-order valence-corrected chi connectivity index (χ4v) is 4.84. The van der Waals surface area contributed by atoms with Crippen molar-refractivity contribution in [2.45, 2.75) is 188 Å². The second-order valence-electron chi connectivity index (χ2n) is 12.0. The van der Waals surface area contributed by atoms with Gasteiger partial charge in [0.25, 0.3) is 0 Å². The average Bonchev–Trinajstić information content (AvgIpc) is 2.91. The maximum Gasteiger partial charge on any atom is 0.322 e. The molecule has 0 aromatic heterocycles. The SMILES string of the molecule is CCCCCCCCCCCCCCCCCOC(=O)C(C)(C)C(=O)OCCCCCCCCCCCC. The minimum Gasteiger partial charge on any atom is -0.465 e. The van der Waals surface area contributed by atoms with Gasteiger partial charge in [-0.3, -0.25) is 9.59 Å². The van der Waals surface area contributed by atoms with Gasteiger partial charge in [-0.2, -0.15) is 0 Å². The van der Waals surface area contributed by atoms with Crippen LogP contribution in [0.4, 0.5) is 0 Å². The Hall–Kier alpha value is -1.06. The second-order valence-corrected chi connectivity index (χ2v) is 12.0. The number of hydrogen-bond donors (Lipinski definition) is 0. The maximum atomic E-state index is 12.4. The molecule has 0 N–H and O–H groups in total. The summed E-state index contributed by atoms with van der Waals surface area (Å²) in [5, 5.41) is 0. The molecule has 4 nitrogen and oxygen atoms in total. The van der Waals surface area contributed by atoms with Crippen LogP contribution in [0.3, 0.4) is 0 Å². The minimum atomic E-state index is -1.23. The van der Waals surface area contributed by atoms with Crippen LogP contribution in [0.15, 0.2) is 0 Å². The first-order chi connectivity index (χ1) is 18.5. The van der Waals surface area contributed by atoms with Gasteiger partial charge in [0.1, 0.15) is 0 Å². The molecule has 0 fully saturated rings. The van der Waals surface area contributed by atoms with Crippen molar-refractivity contribution < 1.29 is 19.1 Å². The Kier molecular flexibility index (Phi) is 26.7. The van der Waals surface area contributed by atoms with E-state index in [-0.39, 0.29) is 0 Å².